The van der Waals surface area contributed by atoms with Crippen molar-refractivity contribution < 1.29 is 14.1 Å². The lowest BCUT2D eigenvalue weighted by Gasteiger charge is -2.32. The average molecular weight is 324 g/mol. The van der Waals surface area contributed by atoms with Crippen molar-refractivity contribution in [2.24, 2.45) is 4.99 Å². The van der Waals surface area contributed by atoms with Crippen LogP contribution in [-0.2, 0) is 11.3 Å². The number of aliphatic imine (C=N–C) groups is 1. The van der Waals surface area contributed by atoms with Gasteiger partial charge >= 0.3 is 6.09 Å². The topological polar surface area (TPSA) is 105 Å². The number of piperidine rings is 1. The Hall–Kier alpha value is -2.32. The van der Waals surface area contributed by atoms with E-state index in [1.165, 1.54) is 0 Å². The monoisotopic (exact) mass is 324 g/mol. The summed E-state index contributed by atoms with van der Waals surface area (Å²) in [4.78, 5) is 21.7. The van der Waals surface area contributed by atoms with E-state index in [1.54, 1.807) is 18.9 Å². The summed E-state index contributed by atoms with van der Waals surface area (Å²) in [6, 6.07) is 0.263. The summed E-state index contributed by atoms with van der Waals surface area (Å²) < 4.78 is 9.94. The summed E-state index contributed by atoms with van der Waals surface area (Å²) in [7, 11) is 1.71. The normalized spacial score (nSPS) is 16.3. The Morgan fingerprint density at radius 3 is 2.78 bits per heavy atom. The van der Waals surface area contributed by atoms with Crippen LogP contribution in [0.15, 0.2) is 9.52 Å². The highest BCUT2D eigenvalue weighted by Crippen LogP contribution is 2.11. The van der Waals surface area contributed by atoms with Crippen LogP contribution < -0.4 is 10.6 Å². The van der Waals surface area contributed by atoms with Gasteiger partial charge < -0.3 is 24.8 Å². The number of aryl methyl sites for hydroxylation is 1. The van der Waals surface area contributed by atoms with Gasteiger partial charge in [0.2, 0.25) is 5.89 Å². The number of hydrogen-bond donors (Lipinski definition) is 2. The zero-order valence-electron chi connectivity index (χ0n) is 13.8. The second-order valence-corrected chi connectivity index (χ2v) is 5.26. The molecule has 1 fully saturated rings. The highest BCUT2D eigenvalue weighted by atomic mass is 16.6. The number of nitrogens with zero attached hydrogens (tertiary/aromatic N) is 4. The summed E-state index contributed by atoms with van der Waals surface area (Å²) in [5, 5.41) is 10.3. The van der Waals surface area contributed by atoms with Gasteiger partial charge in [-0.1, -0.05) is 5.16 Å². The van der Waals surface area contributed by atoms with Crippen molar-refractivity contribution in [3.05, 3.63) is 11.7 Å². The minimum Gasteiger partial charge on any atom is -0.450 e. The Kier molecular flexibility index (Phi) is 6.19. The molecule has 9 nitrogen and oxygen atoms in total. The van der Waals surface area contributed by atoms with Crippen LogP contribution in [0, 0.1) is 6.92 Å². The smallest absolute Gasteiger partial charge is 0.409 e. The molecule has 0 atom stereocenters. The molecule has 23 heavy (non-hydrogen) atoms. The molecule has 0 spiro atoms. The number of rotatable bonds is 4. The van der Waals surface area contributed by atoms with Crippen LogP contribution in [0.5, 0.6) is 0 Å². The number of likely N-dealkylation sites (tertiary alicyclic amines) is 1. The molecular formula is C14H24N6O3. The van der Waals surface area contributed by atoms with Crippen molar-refractivity contribution >= 4 is 12.1 Å². The Morgan fingerprint density at radius 2 is 2.22 bits per heavy atom. The summed E-state index contributed by atoms with van der Waals surface area (Å²) in [5.41, 5.74) is 0. The molecule has 0 saturated carbocycles. The molecule has 2 rings (SSSR count). The third-order valence-electron chi connectivity index (χ3n) is 3.57. The van der Waals surface area contributed by atoms with Crippen molar-refractivity contribution in [3.63, 3.8) is 0 Å². The molecule has 1 aromatic rings. The lowest BCUT2D eigenvalue weighted by Crippen LogP contribution is -2.49. The fourth-order valence-corrected chi connectivity index (χ4v) is 2.39. The molecule has 1 aliphatic rings. The third kappa shape index (κ3) is 5.11. The molecule has 0 aliphatic carbocycles. The highest BCUT2D eigenvalue weighted by Gasteiger charge is 2.24. The largest absolute Gasteiger partial charge is 0.450 e. The Labute approximate surface area is 135 Å². The minimum atomic E-state index is -0.235. The number of carbonyl (C=O) groups excluding carboxylic acids is 1. The first-order valence-corrected chi connectivity index (χ1v) is 7.80. The van der Waals surface area contributed by atoms with Gasteiger partial charge in [-0.15, -0.1) is 0 Å². The quantitative estimate of drug-likeness (QED) is 0.619. The first kappa shape index (κ1) is 17.0. The van der Waals surface area contributed by atoms with E-state index in [-0.39, 0.29) is 12.1 Å². The van der Waals surface area contributed by atoms with Gasteiger partial charge in [-0.3, -0.25) is 4.99 Å². The van der Waals surface area contributed by atoms with Gasteiger partial charge in [-0.05, 0) is 19.8 Å². The Balaban J connectivity index is 1.74. The SMILES string of the molecule is CCOC(=O)N1CCC(NC(=NC)NCc2noc(C)n2)CC1. The summed E-state index contributed by atoms with van der Waals surface area (Å²) in [6.07, 6.45) is 1.46. The maximum atomic E-state index is 11.7. The van der Waals surface area contributed by atoms with E-state index in [1.807, 2.05) is 6.92 Å². The van der Waals surface area contributed by atoms with Crippen molar-refractivity contribution in [1.82, 2.24) is 25.7 Å². The van der Waals surface area contributed by atoms with Gasteiger partial charge in [-0.25, -0.2) is 4.79 Å². The fraction of sp³-hybridized carbons (Fsp3) is 0.714. The van der Waals surface area contributed by atoms with Gasteiger partial charge in [0.1, 0.15) is 0 Å². The number of amides is 1. The molecule has 0 unspecified atom stereocenters. The highest BCUT2D eigenvalue weighted by molar-refractivity contribution is 5.79. The molecule has 0 radical (unpaired) electrons. The van der Waals surface area contributed by atoms with Gasteiger partial charge in [0.15, 0.2) is 11.8 Å². The molecule has 9 heteroatoms. The standard InChI is InChI=1S/C14H24N6O3/c1-4-22-14(21)20-7-5-11(6-8-20)18-13(15-3)16-9-12-17-10(2)23-19-12/h11H,4-9H2,1-3H3,(H2,15,16,18). The van der Waals surface area contributed by atoms with Crippen LogP contribution in [0.4, 0.5) is 4.79 Å². The van der Waals surface area contributed by atoms with Gasteiger partial charge in [0, 0.05) is 33.1 Å². The van der Waals surface area contributed by atoms with E-state index >= 15 is 0 Å². The number of carbonyl (C=O) groups is 1. The number of aromatic nitrogens is 2. The minimum absolute atomic E-state index is 0.235. The summed E-state index contributed by atoms with van der Waals surface area (Å²) >= 11 is 0. The van der Waals surface area contributed by atoms with Gasteiger partial charge in [-0.2, -0.15) is 4.98 Å². The van der Waals surface area contributed by atoms with E-state index in [2.05, 4.69) is 25.8 Å². The average Bonchev–Trinajstić information content (AvgIpc) is 2.97. The maximum Gasteiger partial charge on any atom is 0.409 e. The van der Waals surface area contributed by atoms with Gasteiger partial charge in [0.25, 0.3) is 0 Å². The van der Waals surface area contributed by atoms with E-state index in [9.17, 15) is 4.79 Å². The Bertz CT molecular complexity index is 536. The third-order valence-corrected chi connectivity index (χ3v) is 3.57. The van der Waals surface area contributed by atoms with Crippen LogP contribution in [0.25, 0.3) is 0 Å². The molecule has 2 heterocycles. The van der Waals surface area contributed by atoms with Crippen LogP contribution in [0.2, 0.25) is 0 Å². The molecular weight excluding hydrogens is 300 g/mol. The predicted octanol–water partition coefficient (Wildman–Crippen LogP) is 0.664. The van der Waals surface area contributed by atoms with E-state index < -0.39 is 0 Å². The predicted molar refractivity (Wildman–Crippen MR) is 84.0 cm³/mol. The van der Waals surface area contributed by atoms with Crippen molar-refractivity contribution in [3.8, 4) is 0 Å². The molecule has 1 aliphatic heterocycles. The summed E-state index contributed by atoms with van der Waals surface area (Å²) in [5.74, 6) is 1.81. The van der Waals surface area contributed by atoms with E-state index in [4.69, 9.17) is 9.26 Å². The lowest BCUT2D eigenvalue weighted by molar-refractivity contribution is 0.0963. The molecule has 128 valence electrons. The molecule has 1 saturated heterocycles. The van der Waals surface area contributed by atoms with Crippen LogP contribution >= 0.6 is 0 Å². The second-order valence-electron chi connectivity index (χ2n) is 5.26. The Morgan fingerprint density at radius 1 is 1.48 bits per heavy atom. The molecule has 1 amide bonds. The van der Waals surface area contributed by atoms with Crippen LogP contribution in [0.3, 0.4) is 0 Å². The number of ether oxygens (including phenoxy) is 1. The summed E-state index contributed by atoms with van der Waals surface area (Å²) in [6.45, 7) is 5.77. The van der Waals surface area contributed by atoms with Crippen molar-refractivity contribution in [2.75, 3.05) is 26.7 Å². The zero-order chi connectivity index (χ0) is 16.7. The number of hydrogen-bond acceptors (Lipinski definition) is 6. The van der Waals surface area contributed by atoms with E-state index in [0.717, 1.165) is 12.8 Å². The number of guanidine groups is 1. The van der Waals surface area contributed by atoms with Crippen molar-refractivity contribution in [2.45, 2.75) is 39.3 Å². The second kappa shape index (κ2) is 8.35. The maximum absolute atomic E-state index is 11.7. The van der Waals surface area contributed by atoms with Crippen LogP contribution in [0.1, 0.15) is 31.5 Å². The molecule has 0 aromatic carbocycles. The number of nitrogens with one attached hydrogen (secondary N) is 2. The first-order valence-electron chi connectivity index (χ1n) is 7.80. The molecule has 1 aromatic heterocycles. The van der Waals surface area contributed by atoms with Gasteiger partial charge in [0.05, 0.1) is 13.2 Å². The fourth-order valence-electron chi connectivity index (χ4n) is 2.39. The molecule has 0 bridgehead atoms. The van der Waals surface area contributed by atoms with Crippen LogP contribution in [-0.4, -0.2) is 59.9 Å². The zero-order valence-corrected chi connectivity index (χ0v) is 13.8. The lowest BCUT2D eigenvalue weighted by atomic mass is 10.1. The first-order chi connectivity index (χ1) is 11.1. The molecule has 2 N–H and O–H groups in total. The van der Waals surface area contributed by atoms with E-state index in [0.29, 0.717) is 43.9 Å². The van der Waals surface area contributed by atoms with Crippen molar-refractivity contribution in [1.29, 1.82) is 0 Å².